The van der Waals surface area contributed by atoms with Gasteiger partial charge in [0.25, 0.3) is 0 Å². The summed E-state index contributed by atoms with van der Waals surface area (Å²) in [6.07, 6.45) is -3.89. The summed E-state index contributed by atoms with van der Waals surface area (Å²) in [6.45, 7) is 0. The average molecular weight is 334 g/mol. The number of alkyl halides is 3. The van der Waals surface area contributed by atoms with Crippen LogP contribution in [0.25, 0.3) is 0 Å². The van der Waals surface area contributed by atoms with Gasteiger partial charge in [-0.2, -0.15) is 13.2 Å². The summed E-state index contributed by atoms with van der Waals surface area (Å²) in [5.41, 5.74) is -1.04. The summed E-state index contributed by atoms with van der Waals surface area (Å²) in [7, 11) is 0. The molecule has 0 aliphatic heterocycles. The van der Waals surface area contributed by atoms with Crippen molar-refractivity contribution in [3.63, 3.8) is 0 Å². The number of Topliss-reactive ketones (excluding diaryl/α,β-unsaturated/α-hetero) is 2. The molecule has 4 nitrogen and oxygen atoms in total. The smallest absolute Gasteiger partial charge is 0.324 e. The highest BCUT2D eigenvalue weighted by molar-refractivity contribution is 6.34. The second-order valence-electron chi connectivity index (χ2n) is 4.90. The first-order chi connectivity index (χ1) is 10.2. The molecule has 0 unspecified atom stereocenters. The SMILES string of the molecule is O=C1CCCC(=O)C1C(=O)Nc1ccc(C(F)(F)F)cc1Cl. The fraction of sp³-hybridized carbons (Fsp3) is 0.357. The minimum Gasteiger partial charge on any atom is -0.324 e. The molecular formula is C14H11ClF3NO3. The van der Waals surface area contributed by atoms with E-state index in [9.17, 15) is 27.6 Å². The highest BCUT2D eigenvalue weighted by Gasteiger charge is 2.36. The maximum absolute atomic E-state index is 12.5. The summed E-state index contributed by atoms with van der Waals surface area (Å²) < 4.78 is 37.6. The van der Waals surface area contributed by atoms with Gasteiger partial charge in [0.05, 0.1) is 16.3 Å². The van der Waals surface area contributed by atoms with Gasteiger partial charge in [0, 0.05) is 12.8 Å². The van der Waals surface area contributed by atoms with Gasteiger partial charge in [-0.15, -0.1) is 0 Å². The molecule has 0 aromatic heterocycles. The second kappa shape index (κ2) is 6.08. The zero-order chi connectivity index (χ0) is 16.5. The highest BCUT2D eigenvalue weighted by atomic mass is 35.5. The normalized spacial score (nSPS) is 16.7. The third-order valence-electron chi connectivity index (χ3n) is 3.31. The van der Waals surface area contributed by atoms with Gasteiger partial charge in [-0.25, -0.2) is 0 Å². The minimum atomic E-state index is -4.55. The van der Waals surface area contributed by atoms with E-state index in [0.29, 0.717) is 12.5 Å². The van der Waals surface area contributed by atoms with Crippen LogP contribution in [0.15, 0.2) is 18.2 Å². The van der Waals surface area contributed by atoms with Crippen LogP contribution in [0.5, 0.6) is 0 Å². The molecule has 1 aromatic rings. The van der Waals surface area contributed by atoms with E-state index in [4.69, 9.17) is 11.6 Å². The number of amides is 1. The van der Waals surface area contributed by atoms with Gasteiger partial charge in [-0.05, 0) is 24.6 Å². The second-order valence-corrected chi connectivity index (χ2v) is 5.31. The van der Waals surface area contributed by atoms with Gasteiger partial charge in [0.2, 0.25) is 5.91 Å². The number of anilines is 1. The van der Waals surface area contributed by atoms with Crippen molar-refractivity contribution < 1.29 is 27.6 Å². The molecule has 8 heteroatoms. The highest BCUT2D eigenvalue weighted by Crippen LogP contribution is 2.34. The number of rotatable bonds is 2. The Morgan fingerprint density at radius 2 is 1.77 bits per heavy atom. The van der Waals surface area contributed by atoms with E-state index in [0.717, 1.165) is 12.1 Å². The predicted octanol–water partition coefficient (Wildman–Crippen LogP) is 3.24. The molecular weight excluding hydrogens is 323 g/mol. The molecule has 2 rings (SSSR count). The molecule has 1 saturated carbocycles. The van der Waals surface area contributed by atoms with Crippen LogP contribution in [-0.2, 0) is 20.6 Å². The molecule has 1 amide bonds. The van der Waals surface area contributed by atoms with Crippen molar-refractivity contribution in [1.29, 1.82) is 0 Å². The minimum absolute atomic E-state index is 0.0779. The van der Waals surface area contributed by atoms with Crippen molar-refractivity contribution in [2.24, 2.45) is 5.92 Å². The van der Waals surface area contributed by atoms with Crippen LogP contribution in [0.4, 0.5) is 18.9 Å². The molecule has 118 valence electrons. The molecule has 0 radical (unpaired) electrons. The van der Waals surface area contributed by atoms with E-state index >= 15 is 0 Å². The Balaban J connectivity index is 2.18. The van der Waals surface area contributed by atoms with Gasteiger partial charge >= 0.3 is 6.18 Å². The average Bonchev–Trinajstić information content (AvgIpc) is 2.39. The summed E-state index contributed by atoms with van der Waals surface area (Å²) in [4.78, 5) is 35.3. The van der Waals surface area contributed by atoms with Crippen LogP contribution in [0, 0.1) is 5.92 Å². The molecule has 1 aromatic carbocycles. The number of carbonyl (C=O) groups excluding carboxylic acids is 3. The van der Waals surface area contributed by atoms with Crippen LogP contribution in [0.2, 0.25) is 5.02 Å². The Morgan fingerprint density at radius 1 is 1.18 bits per heavy atom. The van der Waals surface area contributed by atoms with Gasteiger partial charge in [0.15, 0.2) is 17.5 Å². The Hall–Kier alpha value is -1.89. The quantitative estimate of drug-likeness (QED) is 0.845. The third-order valence-corrected chi connectivity index (χ3v) is 3.62. The molecule has 0 spiro atoms. The maximum atomic E-state index is 12.5. The summed E-state index contributed by atoms with van der Waals surface area (Å²) >= 11 is 5.71. The summed E-state index contributed by atoms with van der Waals surface area (Å²) in [5.74, 6) is -3.25. The van der Waals surface area contributed by atoms with Crippen LogP contribution in [0.1, 0.15) is 24.8 Å². The van der Waals surface area contributed by atoms with Crippen LogP contribution >= 0.6 is 11.6 Å². The monoisotopic (exact) mass is 333 g/mol. The lowest BCUT2D eigenvalue weighted by atomic mass is 9.86. The standard InChI is InChI=1S/C14H11ClF3NO3/c15-8-6-7(14(16,17)18)4-5-9(8)19-13(22)12-10(20)2-1-3-11(12)21/h4-6,12H,1-3H2,(H,19,22). The fourth-order valence-corrected chi connectivity index (χ4v) is 2.42. The molecule has 0 bridgehead atoms. The molecule has 1 N–H and O–H groups in total. The van der Waals surface area contributed by atoms with Crippen molar-refractivity contribution in [1.82, 2.24) is 0 Å². The van der Waals surface area contributed by atoms with Crippen molar-refractivity contribution in [3.8, 4) is 0 Å². The van der Waals surface area contributed by atoms with E-state index < -0.39 is 35.1 Å². The van der Waals surface area contributed by atoms with Crippen molar-refractivity contribution in [2.75, 3.05) is 5.32 Å². The lowest BCUT2D eigenvalue weighted by Gasteiger charge is -2.19. The van der Waals surface area contributed by atoms with Crippen molar-refractivity contribution in [3.05, 3.63) is 28.8 Å². The van der Waals surface area contributed by atoms with Crippen LogP contribution in [-0.4, -0.2) is 17.5 Å². The van der Waals surface area contributed by atoms with E-state index in [2.05, 4.69) is 5.32 Å². The van der Waals surface area contributed by atoms with E-state index in [1.165, 1.54) is 0 Å². The molecule has 1 fully saturated rings. The Bertz CT molecular complexity index is 627. The van der Waals surface area contributed by atoms with Gasteiger partial charge < -0.3 is 5.32 Å². The van der Waals surface area contributed by atoms with Gasteiger partial charge in [-0.1, -0.05) is 11.6 Å². The first-order valence-corrected chi connectivity index (χ1v) is 6.81. The zero-order valence-electron chi connectivity index (χ0n) is 11.2. The summed E-state index contributed by atoms with van der Waals surface area (Å²) in [6, 6.07) is 2.41. The molecule has 1 aliphatic carbocycles. The number of benzene rings is 1. The number of carbonyl (C=O) groups is 3. The first-order valence-electron chi connectivity index (χ1n) is 6.43. The zero-order valence-corrected chi connectivity index (χ0v) is 11.9. The fourth-order valence-electron chi connectivity index (χ4n) is 2.20. The Labute approximate surface area is 128 Å². The number of hydrogen-bond donors (Lipinski definition) is 1. The van der Waals surface area contributed by atoms with Crippen molar-refractivity contribution in [2.45, 2.75) is 25.4 Å². The van der Waals surface area contributed by atoms with E-state index in [1.54, 1.807) is 0 Å². The largest absolute Gasteiger partial charge is 0.416 e. The van der Waals surface area contributed by atoms with Gasteiger partial charge in [-0.3, -0.25) is 14.4 Å². The summed E-state index contributed by atoms with van der Waals surface area (Å²) in [5, 5.41) is 1.92. The van der Waals surface area contributed by atoms with Crippen LogP contribution in [0.3, 0.4) is 0 Å². The number of halogens is 4. The third kappa shape index (κ3) is 3.47. The predicted molar refractivity (Wildman–Crippen MR) is 72.4 cm³/mol. The molecule has 0 atom stereocenters. The maximum Gasteiger partial charge on any atom is 0.416 e. The topological polar surface area (TPSA) is 63.2 Å². The number of hydrogen-bond acceptors (Lipinski definition) is 3. The lowest BCUT2D eigenvalue weighted by Crippen LogP contribution is -2.38. The molecule has 1 aliphatic rings. The molecule has 0 saturated heterocycles. The Morgan fingerprint density at radius 3 is 2.27 bits per heavy atom. The van der Waals surface area contributed by atoms with Crippen molar-refractivity contribution >= 4 is 34.8 Å². The van der Waals surface area contributed by atoms with E-state index in [-0.39, 0.29) is 23.6 Å². The number of ketones is 2. The lowest BCUT2D eigenvalue weighted by molar-refractivity contribution is -0.141. The number of nitrogens with one attached hydrogen (secondary N) is 1. The molecule has 22 heavy (non-hydrogen) atoms. The van der Waals surface area contributed by atoms with Crippen LogP contribution < -0.4 is 5.32 Å². The van der Waals surface area contributed by atoms with E-state index in [1.807, 2.05) is 0 Å². The Kier molecular flexibility index (Phi) is 4.55. The first kappa shape index (κ1) is 16.5. The molecule has 0 heterocycles. The van der Waals surface area contributed by atoms with Gasteiger partial charge in [0.1, 0.15) is 0 Å².